The fourth-order valence-corrected chi connectivity index (χ4v) is 2.80. The van der Waals surface area contributed by atoms with Crippen molar-refractivity contribution in [2.75, 3.05) is 13.2 Å². The van der Waals surface area contributed by atoms with Crippen molar-refractivity contribution in [2.45, 2.75) is 32.2 Å². The zero-order valence-electron chi connectivity index (χ0n) is 11.8. The van der Waals surface area contributed by atoms with E-state index in [0.29, 0.717) is 16.1 Å². The fourth-order valence-electron chi connectivity index (χ4n) is 2.63. The zero-order valence-corrected chi connectivity index (χ0v) is 12.6. The second-order valence-corrected chi connectivity index (χ2v) is 5.74. The lowest BCUT2D eigenvalue weighted by Crippen LogP contribution is -2.45. The van der Waals surface area contributed by atoms with E-state index in [1.54, 1.807) is 18.2 Å². The lowest BCUT2D eigenvalue weighted by molar-refractivity contribution is -0.140. The summed E-state index contributed by atoms with van der Waals surface area (Å²) in [7, 11) is 0. The first kappa shape index (κ1) is 14.1. The van der Waals surface area contributed by atoms with E-state index in [-0.39, 0.29) is 18.6 Å². The Labute approximate surface area is 127 Å². The monoisotopic (exact) mass is 308 g/mol. The van der Waals surface area contributed by atoms with Gasteiger partial charge in [-0.25, -0.2) is 0 Å². The predicted molar refractivity (Wildman–Crippen MR) is 79.0 cm³/mol. The molecule has 1 atom stereocenters. The summed E-state index contributed by atoms with van der Waals surface area (Å²) >= 11 is 5.95. The van der Waals surface area contributed by atoms with Gasteiger partial charge in [-0.1, -0.05) is 16.4 Å². The van der Waals surface area contributed by atoms with Crippen LogP contribution in [0.25, 0.3) is 11.0 Å². The van der Waals surface area contributed by atoms with Gasteiger partial charge >= 0.3 is 0 Å². The molecular weight excluding hydrogens is 292 g/mol. The van der Waals surface area contributed by atoms with Crippen LogP contribution in [0.5, 0.6) is 0 Å². The standard InChI is InChI=1S/C14H17ClN4O2/c1-10-4-2-3-7-18(10)14(20)9-21-19-13-8-11(15)5-6-12(13)16-17-19/h5-6,8,10H,2-4,7,9H2,1H3/t10-/m0/s1. The van der Waals surface area contributed by atoms with Crippen LogP contribution in [0.4, 0.5) is 0 Å². The number of hydrogen-bond donors (Lipinski definition) is 0. The molecule has 0 aliphatic carbocycles. The summed E-state index contributed by atoms with van der Waals surface area (Å²) in [5.74, 6) is -0.0205. The molecule has 0 bridgehead atoms. The number of aromatic nitrogens is 3. The third kappa shape index (κ3) is 2.95. The van der Waals surface area contributed by atoms with Crippen molar-refractivity contribution in [3.63, 3.8) is 0 Å². The zero-order chi connectivity index (χ0) is 14.8. The van der Waals surface area contributed by atoms with E-state index in [9.17, 15) is 4.79 Å². The second kappa shape index (κ2) is 5.89. The molecule has 1 amide bonds. The lowest BCUT2D eigenvalue weighted by atomic mass is 10.0. The molecule has 2 heterocycles. The van der Waals surface area contributed by atoms with Crippen molar-refractivity contribution in [1.82, 2.24) is 20.1 Å². The van der Waals surface area contributed by atoms with Gasteiger partial charge in [0, 0.05) is 17.6 Å². The van der Waals surface area contributed by atoms with Crippen molar-refractivity contribution < 1.29 is 9.63 Å². The molecule has 0 radical (unpaired) electrons. The van der Waals surface area contributed by atoms with Crippen molar-refractivity contribution in [2.24, 2.45) is 0 Å². The third-order valence-corrected chi connectivity index (χ3v) is 4.05. The Balaban J connectivity index is 1.68. The van der Waals surface area contributed by atoms with Gasteiger partial charge < -0.3 is 9.74 Å². The Bertz CT molecular complexity index is 657. The van der Waals surface area contributed by atoms with Crippen LogP contribution >= 0.6 is 11.6 Å². The lowest BCUT2D eigenvalue weighted by Gasteiger charge is -2.33. The molecule has 0 N–H and O–H groups in total. The maximum Gasteiger partial charge on any atom is 0.263 e. The van der Waals surface area contributed by atoms with Crippen molar-refractivity contribution in [3.8, 4) is 0 Å². The van der Waals surface area contributed by atoms with Crippen molar-refractivity contribution in [1.29, 1.82) is 0 Å². The minimum atomic E-state index is -0.0463. The van der Waals surface area contributed by atoms with Crippen LogP contribution in [0.1, 0.15) is 26.2 Å². The Morgan fingerprint density at radius 2 is 2.33 bits per heavy atom. The fraction of sp³-hybridized carbons (Fsp3) is 0.500. The molecule has 6 nitrogen and oxygen atoms in total. The van der Waals surface area contributed by atoms with Gasteiger partial charge in [0.25, 0.3) is 5.91 Å². The summed E-state index contributed by atoms with van der Waals surface area (Å²) in [6, 6.07) is 5.49. The van der Waals surface area contributed by atoms with Crippen LogP contribution in [-0.2, 0) is 4.79 Å². The third-order valence-electron chi connectivity index (χ3n) is 3.81. The summed E-state index contributed by atoms with van der Waals surface area (Å²) in [5, 5.41) is 8.43. The normalized spacial score (nSPS) is 19.0. The largest absolute Gasteiger partial charge is 0.385 e. The minimum Gasteiger partial charge on any atom is -0.385 e. The molecule has 112 valence electrons. The van der Waals surface area contributed by atoms with E-state index in [1.807, 2.05) is 4.90 Å². The topological polar surface area (TPSA) is 60.2 Å². The summed E-state index contributed by atoms with van der Waals surface area (Å²) in [4.78, 5) is 20.8. The summed E-state index contributed by atoms with van der Waals surface area (Å²) in [6.07, 6.45) is 3.28. The molecule has 0 saturated carbocycles. The first-order valence-electron chi connectivity index (χ1n) is 7.09. The summed E-state index contributed by atoms with van der Waals surface area (Å²) in [6.45, 7) is 2.82. The quantitative estimate of drug-likeness (QED) is 0.869. The van der Waals surface area contributed by atoms with E-state index >= 15 is 0 Å². The average Bonchev–Trinajstić information content (AvgIpc) is 2.87. The first-order valence-corrected chi connectivity index (χ1v) is 7.46. The molecule has 1 aliphatic rings. The highest BCUT2D eigenvalue weighted by Crippen LogP contribution is 2.17. The molecule has 1 aromatic heterocycles. The highest BCUT2D eigenvalue weighted by atomic mass is 35.5. The van der Waals surface area contributed by atoms with Crippen LogP contribution in [0.3, 0.4) is 0 Å². The number of rotatable bonds is 3. The van der Waals surface area contributed by atoms with Gasteiger partial charge in [0.2, 0.25) is 0 Å². The maximum atomic E-state index is 12.2. The van der Waals surface area contributed by atoms with Crippen molar-refractivity contribution in [3.05, 3.63) is 23.2 Å². The molecule has 7 heteroatoms. The summed E-state index contributed by atoms with van der Waals surface area (Å²) in [5.41, 5.74) is 1.33. The summed E-state index contributed by atoms with van der Waals surface area (Å²) < 4.78 is 0. The van der Waals surface area contributed by atoms with Crippen LogP contribution in [-0.4, -0.2) is 45.2 Å². The number of amides is 1. The molecule has 21 heavy (non-hydrogen) atoms. The number of hydrogen-bond acceptors (Lipinski definition) is 4. The molecular formula is C14H17ClN4O2. The number of fused-ring (bicyclic) bond motifs is 1. The minimum absolute atomic E-state index is 0.0205. The van der Waals surface area contributed by atoms with E-state index in [0.717, 1.165) is 19.4 Å². The number of carbonyl (C=O) groups is 1. The van der Waals surface area contributed by atoms with Gasteiger partial charge in [0.05, 0.1) is 0 Å². The molecule has 3 rings (SSSR count). The number of nitrogens with zero attached hydrogens (tertiary/aromatic N) is 4. The molecule has 0 unspecified atom stereocenters. The Hall–Kier alpha value is -1.82. The number of piperidine rings is 1. The molecule has 1 aliphatic heterocycles. The van der Waals surface area contributed by atoms with Gasteiger partial charge in [-0.15, -0.1) is 5.10 Å². The molecule has 1 saturated heterocycles. The predicted octanol–water partition coefficient (Wildman–Crippen LogP) is 1.91. The van der Waals surface area contributed by atoms with E-state index in [1.165, 1.54) is 11.3 Å². The first-order chi connectivity index (χ1) is 10.1. The smallest absolute Gasteiger partial charge is 0.263 e. The van der Waals surface area contributed by atoms with Crippen LogP contribution in [0, 0.1) is 0 Å². The number of halogens is 1. The van der Waals surface area contributed by atoms with Crippen LogP contribution in [0.15, 0.2) is 18.2 Å². The number of likely N-dealkylation sites (tertiary alicyclic amines) is 1. The maximum absolute atomic E-state index is 12.2. The van der Waals surface area contributed by atoms with Crippen LogP contribution in [0.2, 0.25) is 5.02 Å². The van der Waals surface area contributed by atoms with Crippen LogP contribution < -0.4 is 4.84 Å². The Kier molecular flexibility index (Phi) is 3.96. The number of carbonyl (C=O) groups excluding carboxylic acids is 1. The molecule has 2 aromatic rings. The average molecular weight is 309 g/mol. The Morgan fingerprint density at radius 3 is 3.14 bits per heavy atom. The van der Waals surface area contributed by atoms with E-state index < -0.39 is 0 Å². The van der Waals surface area contributed by atoms with Gasteiger partial charge in [0.15, 0.2) is 6.61 Å². The van der Waals surface area contributed by atoms with E-state index in [4.69, 9.17) is 16.4 Å². The second-order valence-electron chi connectivity index (χ2n) is 5.30. The Morgan fingerprint density at radius 1 is 1.48 bits per heavy atom. The van der Waals surface area contributed by atoms with Gasteiger partial charge in [0.1, 0.15) is 11.0 Å². The highest BCUT2D eigenvalue weighted by molar-refractivity contribution is 6.31. The molecule has 1 aromatic carbocycles. The SMILES string of the molecule is C[C@H]1CCCCN1C(=O)COn1nnc2ccc(Cl)cc21. The highest BCUT2D eigenvalue weighted by Gasteiger charge is 2.23. The van der Waals surface area contributed by atoms with Gasteiger partial charge in [-0.3, -0.25) is 4.79 Å². The van der Waals surface area contributed by atoms with Crippen molar-refractivity contribution >= 4 is 28.5 Å². The number of benzene rings is 1. The molecule has 1 fully saturated rings. The van der Waals surface area contributed by atoms with E-state index in [2.05, 4.69) is 17.2 Å². The molecule has 0 spiro atoms. The van der Waals surface area contributed by atoms with Gasteiger partial charge in [-0.05, 0) is 49.6 Å². The van der Waals surface area contributed by atoms with Gasteiger partial charge in [-0.2, -0.15) is 0 Å².